The molecule has 1 aromatic rings. The first-order valence-electron chi connectivity index (χ1n) is 7.02. The predicted octanol–water partition coefficient (Wildman–Crippen LogP) is 0.673. The zero-order valence-corrected chi connectivity index (χ0v) is 11.7. The molecule has 1 heterocycles. The first-order valence-corrected chi connectivity index (χ1v) is 7.02. The number of nitrogens with zero attached hydrogens (tertiary/aromatic N) is 1. The van der Waals surface area contributed by atoms with Crippen LogP contribution in [0, 0.1) is 11.7 Å². The molecule has 1 aliphatic heterocycles. The third-order valence-corrected chi connectivity index (χ3v) is 3.72. The van der Waals surface area contributed by atoms with E-state index in [1.165, 1.54) is 17.0 Å². The lowest BCUT2D eigenvalue weighted by atomic mass is 9.98. The number of likely N-dealkylation sites (tertiary alicyclic amines) is 1. The summed E-state index contributed by atoms with van der Waals surface area (Å²) >= 11 is 0. The van der Waals surface area contributed by atoms with Crippen molar-refractivity contribution < 1.29 is 19.1 Å². The van der Waals surface area contributed by atoms with Gasteiger partial charge >= 0.3 is 11.8 Å². The Balaban J connectivity index is 1.80. The average molecular weight is 294 g/mol. The summed E-state index contributed by atoms with van der Waals surface area (Å²) in [6, 6.07) is 5.74. The summed E-state index contributed by atoms with van der Waals surface area (Å²) < 4.78 is 12.8. The van der Waals surface area contributed by atoms with Crippen LogP contribution < -0.4 is 5.32 Å². The van der Waals surface area contributed by atoms with E-state index in [2.05, 4.69) is 5.32 Å². The molecule has 2 N–H and O–H groups in total. The molecular weight excluding hydrogens is 275 g/mol. The molecule has 5 nitrogen and oxygen atoms in total. The minimum absolute atomic E-state index is 0.124. The average Bonchev–Trinajstić information content (AvgIpc) is 2.53. The summed E-state index contributed by atoms with van der Waals surface area (Å²) in [6.07, 6.45) is 1.43. The Labute approximate surface area is 122 Å². The smallest absolute Gasteiger partial charge is 0.311 e. The number of hydrogen-bond donors (Lipinski definition) is 2. The lowest BCUT2D eigenvalue weighted by Gasteiger charge is -2.30. The number of amides is 2. The zero-order valence-electron chi connectivity index (χ0n) is 11.7. The predicted molar refractivity (Wildman–Crippen MR) is 74.6 cm³/mol. The maximum Gasteiger partial charge on any atom is 0.311 e. The fourth-order valence-corrected chi connectivity index (χ4v) is 2.32. The number of piperidine rings is 1. The van der Waals surface area contributed by atoms with Crippen molar-refractivity contribution in [1.29, 1.82) is 0 Å². The van der Waals surface area contributed by atoms with Crippen LogP contribution in [0.1, 0.15) is 18.4 Å². The van der Waals surface area contributed by atoms with Gasteiger partial charge in [-0.15, -0.1) is 0 Å². The van der Waals surface area contributed by atoms with E-state index in [-0.39, 0.29) is 24.9 Å². The molecule has 21 heavy (non-hydrogen) atoms. The molecule has 1 saturated heterocycles. The number of carbonyl (C=O) groups excluding carboxylic acids is 2. The molecule has 1 aliphatic rings. The molecule has 2 rings (SSSR count). The summed E-state index contributed by atoms with van der Waals surface area (Å²) in [5.41, 5.74) is 0.733. The molecule has 0 saturated carbocycles. The van der Waals surface area contributed by atoms with Gasteiger partial charge in [0.25, 0.3) is 0 Å². The molecule has 1 fully saturated rings. The van der Waals surface area contributed by atoms with Crippen molar-refractivity contribution in [3.05, 3.63) is 35.6 Å². The monoisotopic (exact) mass is 294 g/mol. The second-order valence-corrected chi connectivity index (χ2v) is 5.23. The van der Waals surface area contributed by atoms with Gasteiger partial charge in [0.1, 0.15) is 5.82 Å². The number of hydrogen-bond acceptors (Lipinski definition) is 3. The van der Waals surface area contributed by atoms with E-state index in [0.29, 0.717) is 25.9 Å². The normalized spacial score (nSPS) is 15.8. The van der Waals surface area contributed by atoms with E-state index < -0.39 is 11.8 Å². The molecule has 0 bridgehead atoms. The molecule has 0 aromatic heterocycles. The summed E-state index contributed by atoms with van der Waals surface area (Å²) in [5.74, 6) is -1.32. The van der Waals surface area contributed by atoms with E-state index in [1.807, 2.05) is 0 Å². The molecule has 0 aliphatic carbocycles. The van der Waals surface area contributed by atoms with E-state index in [1.54, 1.807) is 12.1 Å². The van der Waals surface area contributed by atoms with Crippen molar-refractivity contribution in [3.8, 4) is 0 Å². The molecule has 1 aromatic carbocycles. The van der Waals surface area contributed by atoms with Gasteiger partial charge in [-0.25, -0.2) is 4.39 Å². The lowest BCUT2D eigenvalue weighted by Crippen LogP contribution is -2.46. The van der Waals surface area contributed by atoms with Crippen molar-refractivity contribution >= 4 is 11.8 Å². The highest BCUT2D eigenvalue weighted by molar-refractivity contribution is 6.34. The number of benzene rings is 1. The van der Waals surface area contributed by atoms with Crippen LogP contribution in [0.15, 0.2) is 24.3 Å². The third kappa shape index (κ3) is 4.26. The van der Waals surface area contributed by atoms with Crippen LogP contribution in [0.3, 0.4) is 0 Å². The van der Waals surface area contributed by atoms with Gasteiger partial charge in [-0.3, -0.25) is 9.59 Å². The summed E-state index contributed by atoms with van der Waals surface area (Å²) in [6.45, 7) is 1.30. The van der Waals surface area contributed by atoms with Crippen LogP contribution in [-0.2, 0) is 16.1 Å². The number of rotatable bonds is 3. The van der Waals surface area contributed by atoms with Crippen LogP contribution in [-0.4, -0.2) is 41.5 Å². The van der Waals surface area contributed by atoms with Gasteiger partial charge in [-0.1, -0.05) is 12.1 Å². The maximum atomic E-state index is 12.8. The second-order valence-electron chi connectivity index (χ2n) is 5.23. The van der Waals surface area contributed by atoms with Gasteiger partial charge in [0.2, 0.25) is 0 Å². The standard InChI is InChI=1S/C15H19FN2O3/c16-13-3-1-11(2-4-13)9-17-14(20)15(21)18-7-5-12(10-19)6-8-18/h1-4,12,19H,5-10H2,(H,17,20). The van der Waals surface area contributed by atoms with Crippen molar-refractivity contribution in [2.75, 3.05) is 19.7 Å². The van der Waals surface area contributed by atoms with Gasteiger partial charge in [-0.05, 0) is 36.5 Å². The molecule has 0 unspecified atom stereocenters. The van der Waals surface area contributed by atoms with Crippen LogP contribution >= 0.6 is 0 Å². The minimum Gasteiger partial charge on any atom is -0.396 e. The van der Waals surface area contributed by atoms with E-state index >= 15 is 0 Å². The highest BCUT2D eigenvalue weighted by Crippen LogP contribution is 2.16. The molecule has 0 radical (unpaired) electrons. The largest absolute Gasteiger partial charge is 0.396 e. The van der Waals surface area contributed by atoms with Gasteiger partial charge in [-0.2, -0.15) is 0 Å². The maximum absolute atomic E-state index is 12.8. The van der Waals surface area contributed by atoms with Gasteiger partial charge < -0.3 is 15.3 Å². The quantitative estimate of drug-likeness (QED) is 0.805. The van der Waals surface area contributed by atoms with Crippen LogP contribution in [0.2, 0.25) is 0 Å². The van der Waals surface area contributed by atoms with E-state index in [4.69, 9.17) is 5.11 Å². The molecule has 114 valence electrons. The minimum atomic E-state index is -0.651. The number of carbonyl (C=O) groups is 2. The summed E-state index contributed by atoms with van der Waals surface area (Å²) in [4.78, 5) is 25.3. The highest BCUT2D eigenvalue weighted by atomic mass is 19.1. The fraction of sp³-hybridized carbons (Fsp3) is 0.467. The van der Waals surface area contributed by atoms with Gasteiger partial charge in [0.15, 0.2) is 0 Å². The van der Waals surface area contributed by atoms with E-state index in [9.17, 15) is 14.0 Å². The van der Waals surface area contributed by atoms with Crippen LogP contribution in [0.4, 0.5) is 4.39 Å². The Morgan fingerprint density at radius 2 is 1.86 bits per heavy atom. The van der Waals surface area contributed by atoms with Crippen molar-refractivity contribution in [3.63, 3.8) is 0 Å². The number of halogens is 1. The van der Waals surface area contributed by atoms with Crippen molar-refractivity contribution in [1.82, 2.24) is 10.2 Å². The first-order chi connectivity index (χ1) is 10.1. The Morgan fingerprint density at radius 1 is 1.24 bits per heavy atom. The number of aliphatic hydroxyl groups is 1. The summed E-state index contributed by atoms with van der Waals surface area (Å²) in [7, 11) is 0. The molecule has 2 amide bonds. The molecule has 0 atom stereocenters. The second kappa shape index (κ2) is 7.17. The first kappa shape index (κ1) is 15.4. The Morgan fingerprint density at radius 3 is 2.43 bits per heavy atom. The summed E-state index contributed by atoms with van der Waals surface area (Å²) in [5, 5.41) is 11.6. The highest BCUT2D eigenvalue weighted by Gasteiger charge is 2.26. The van der Waals surface area contributed by atoms with Gasteiger partial charge in [0.05, 0.1) is 0 Å². The van der Waals surface area contributed by atoms with Crippen molar-refractivity contribution in [2.24, 2.45) is 5.92 Å². The van der Waals surface area contributed by atoms with Crippen LogP contribution in [0.25, 0.3) is 0 Å². The van der Waals surface area contributed by atoms with Crippen LogP contribution in [0.5, 0.6) is 0 Å². The molecule has 6 heteroatoms. The SMILES string of the molecule is O=C(NCc1ccc(F)cc1)C(=O)N1CCC(CO)CC1. The van der Waals surface area contributed by atoms with Gasteiger partial charge in [0, 0.05) is 26.2 Å². The fourth-order valence-electron chi connectivity index (χ4n) is 2.32. The van der Waals surface area contributed by atoms with E-state index in [0.717, 1.165) is 5.56 Å². The number of aliphatic hydroxyl groups excluding tert-OH is 1. The molecular formula is C15H19FN2O3. The Bertz CT molecular complexity index is 496. The van der Waals surface area contributed by atoms with Crippen molar-refractivity contribution in [2.45, 2.75) is 19.4 Å². The molecule has 0 spiro atoms. The topological polar surface area (TPSA) is 69.6 Å². The third-order valence-electron chi connectivity index (χ3n) is 3.72. The Kier molecular flexibility index (Phi) is 5.27. The zero-order chi connectivity index (χ0) is 15.2. The number of nitrogens with one attached hydrogen (secondary N) is 1. The lowest BCUT2D eigenvalue weighted by molar-refractivity contribution is -0.147. The Hall–Kier alpha value is -1.95.